The van der Waals surface area contributed by atoms with E-state index in [0.717, 1.165) is 40.2 Å². The van der Waals surface area contributed by atoms with Gasteiger partial charge >= 0.3 is 6.18 Å². The third-order valence-electron chi connectivity index (χ3n) is 4.12. The van der Waals surface area contributed by atoms with Crippen molar-refractivity contribution in [2.45, 2.75) is 26.6 Å². The quantitative estimate of drug-likeness (QED) is 0.545. The molecule has 2 aromatic carbocycles. The van der Waals surface area contributed by atoms with Crippen molar-refractivity contribution in [3.05, 3.63) is 88.2 Å². The fraction of sp³-hybridized carbons (Fsp3) is 0.190. The maximum atomic E-state index is 12.6. The second-order valence-electron chi connectivity index (χ2n) is 6.28. The van der Waals surface area contributed by atoms with E-state index in [-0.39, 0.29) is 0 Å². The van der Waals surface area contributed by atoms with Crippen LogP contribution in [0.4, 0.5) is 13.2 Å². The van der Waals surface area contributed by atoms with Crippen LogP contribution in [-0.4, -0.2) is 9.78 Å². The van der Waals surface area contributed by atoms with Crippen LogP contribution >= 0.6 is 0 Å². The molecule has 2 nitrogen and oxygen atoms in total. The Kier molecular flexibility index (Phi) is 4.98. The number of nitrogens with zero attached hydrogens (tertiary/aromatic N) is 2. The number of halogens is 3. The number of aryl methyl sites for hydroxylation is 2. The Labute approximate surface area is 150 Å². The molecule has 3 rings (SSSR count). The zero-order chi connectivity index (χ0) is 18.7. The minimum atomic E-state index is -4.30. The van der Waals surface area contributed by atoms with Gasteiger partial charge in [-0.05, 0) is 48.7 Å². The third kappa shape index (κ3) is 4.42. The molecule has 0 fully saturated rings. The Balaban J connectivity index is 1.67. The Morgan fingerprint density at radius 1 is 0.885 bits per heavy atom. The molecule has 0 aliphatic carbocycles. The van der Waals surface area contributed by atoms with Gasteiger partial charge in [0.1, 0.15) is 0 Å². The molecule has 0 N–H and O–H groups in total. The first kappa shape index (κ1) is 18.0. The Bertz CT molecular complexity index is 902. The molecule has 0 bridgehead atoms. The molecule has 0 aliphatic rings. The lowest BCUT2D eigenvalue weighted by molar-refractivity contribution is -0.137. The fourth-order valence-corrected chi connectivity index (χ4v) is 2.72. The lowest BCUT2D eigenvalue weighted by Gasteiger charge is -2.06. The maximum absolute atomic E-state index is 12.6. The van der Waals surface area contributed by atoms with E-state index in [9.17, 15) is 13.2 Å². The molecule has 0 aliphatic heterocycles. The van der Waals surface area contributed by atoms with Crippen LogP contribution in [0.3, 0.4) is 0 Å². The van der Waals surface area contributed by atoms with E-state index >= 15 is 0 Å². The van der Waals surface area contributed by atoms with E-state index in [1.54, 1.807) is 6.08 Å². The molecule has 26 heavy (non-hydrogen) atoms. The number of rotatable bonds is 4. The molecule has 1 aromatic heterocycles. The van der Waals surface area contributed by atoms with Crippen molar-refractivity contribution in [2.24, 2.45) is 0 Å². The van der Waals surface area contributed by atoms with Gasteiger partial charge in [-0.15, -0.1) is 0 Å². The second kappa shape index (κ2) is 7.20. The summed E-state index contributed by atoms with van der Waals surface area (Å²) in [4.78, 5) is 0. The predicted molar refractivity (Wildman–Crippen MR) is 97.6 cm³/mol. The first-order valence-corrected chi connectivity index (χ1v) is 8.26. The zero-order valence-electron chi connectivity index (χ0n) is 14.6. The summed E-state index contributed by atoms with van der Waals surface area (Å²) in [5.74, 6) is 0. The highest BCUT2D eigenvalue weighted by atomic mass is 19.4. The lowest BCUT2D eigenvalue weighted by Crippen LogP contribution is -2.03. The summed E-state index contributed by atoms with van der Waals surface area (Å²) in [6.45, 7) is 4.71. The molecule has 0 saturated carbocycles. The summed E-state index contributed by atoms with van der Waals surface area (Å²) in [5.41, 5.74) is 4.34. The standard InChI is InChI=1S/C21H19F3N2/c1-15-13-16(2)26(25-15)14-19-7-5-17(6-8-19)3-4-18-9-11-20(12-10-18)21(22,23)24/h3-13H,14H2,1-2H3/b4-3+. The van der Waals surface area contributed by atoms with E-state index in [4.69, 9.17) is 0 Å². The van der Waals surface area contributed by atoms with Crippen LogP contribution in [0.1, 0.15) is 33.6 Å². The number of hydrogen-bond acceptors (Lipinski definition) is 1. The smallest absolute Gasteiger partial charge is 0.265 e. The molecule has 134 valence electrons. The Morgan fingerprint density at radius 3 is 1.88 bits per heavy atom. The van der Waals surface area contributed by atoms with Gasteiger partial charge in [-0.1, -0.05) is 48.6 Å². The van der Waals surface area contributed by atoms with Crippen LogP contribution in [0.5, 0.6) is 0 Å². The number of hydrogen-bond donors (Lipinski definition) is 0. The van der Waals surface area contributed by atoms with E-state index < -0.39 is 11.7 Å². The molecule has 5 heteroatoms. The second-order valence-corrected chi connectivity index (χ2v) is 6.28. The van der Waals surface area contributed by atoms with Gasteiger partial charge in [0, 0.05) is 5.69 Å². The van der Waals surface area contributed by atoms with Gasteiger partial charge in [-0.2, -0.15) is 18.3 Å². The number of benzene rings is 2. The van der Waals surface area contributed by atoms with Gasteiger partial charge in [-0.3, -0.25) is 4.68 Å². The highest BCUT2D eigenvalue weighted by Gasteiger charge is 2.29. The third-order valence-corrected chi connectivity index (χ3v) is 4.12. The summed E-state index contributed by atoms with van der Waals surface area (Å²) < 4.78 is 39.7. The van der Waals surface area contributed by atoms with Crippen LogP contribution < -0.4 is 0 Å². The van der Waals surface area contributed by atoms with Gasteiger partial charge in [-0.25, -0.2) is 0 Å². The Morgan fingerprint density at radius 2 is 1.42 bits per heavy atom. The lowest BCUT2D eigenvalue weighted by atomic mass is 10.1. The first-order chi connectivity index (χ1) is 12.3. The summed E-state index contributed by atoms with van der Waals surface area (Å²) in [6.07, 6.45) is -0.616. The highest BCUT2D eigenvalue weighted by molar-refractivity contribution is 5.69. The summed E-state index contributed by atoms with van der Waals surface area (Å²) >= 11 is 0. The average molecular weight is 356 g/mol. The average Bonchev–Trinajstić information content (AvgIpc) is 2.91. The van der Waals surface area contributed by atoms with E-state index in [1.807, 2.05) is 54.9 Å². The fourth-order valence-electron chi connectivity index (χ4n) is 2.72. The van der Waals surface area contributed by atoms with Crippen LogP contribution in [0.2, 0.25) is 0 Å². The topological polar surface area (TPSA) is 17.8 Å². The van der Waals surface area contributed by atoms with Gasteiger partial charge in [0.15, 0.2) is 0 Å². The molecule has 0 spiro atoms. The normalized spacial score (nSPS) is 12.0. The molecular formula is C21H19F3N2. The number of alkyl halides is 3. The van der Waals surface area contributed by atoms with Crippen LogP contribution in [0.25, 0.3) is 12.2 Å². The van der Waals surface area contributed by atoms with E-state index in [1.165, 1.54) is 12.1 Å². The van der Waals surface area contributed by atoms with Crippen molar-refractivity contribution in [3.63, 3.8) is 0 Å². The van der Waals surface area contributed by atoms with Crippen molar-refractivity contribution in [3.8, 4) is 0 Å². The number of aromatic nitrogens is 2. The summed E-state index contributed by atoms with van der Waals surface area (Å²) in [5, 5.41) is 4.45. The highest BCUT2D eigenvalue weighted by Crippen LogP contribution is 2.29. The van der Waals surface area contributed by atoms with Crippen LogP contribution in [0.15, 0.2) is 54.6 Å². The van der Waals surface area contributed by atoms with Gasteiger partial charge in [0.05, 0.1) is 17.8 Å². The monoisotopic (exact) mass is 356 g/mol. The predicted octanol–water partition coefficient (Wildman–Crippen LogP) is 5.74. The van der Waals surface area contributed by atoms with Gasteiger partial charge in [0.2, 0.25) is 0 Å². The first-order valence-electron chi connectivity index (χ1n) is 8.26. The molecule has 0 radical (unpaired) electrons. The Hall–Kier alpha value is -2.82. The van der Waals surface area contributed by atoms with E-state index in [0.29, 0.717) is 6.54 Å². The SMILES string of the molecule is Cc1cc(C)n(Cc2ccc(/C=C/c3ccc(C(F)(F)F)cc3)cc2)n1. The van der Waals surface area contributed by atoms with Crippen molar-refractivity contribution in [1.82, 2.24) is 9.78 Å². The van der Waals surface area contributed by atoms with Crippen molar-refractivity contribution in [2.75, 3.05) is 0 Å². The molecule has 0 unspecified atom stereocenters. The van der Waals surface area contributed by atoms with Crippen LogP contribution in [-0.2, 0) is 12.7 Å². The summed E-state index contributed by atoms with van der Waals surface area (Å²) in [6, 6.07) is 15.2. The summed E-state index contributed by atoms with van der Waals surface area (Å²) in [7, 11) is 0. The molecule has 0 amide bonds. The molecule has 0 saturated heterocycles. The van der Waals surface area contributed by atoms with Crippen LogP contribution in [0, 0.1) is 13.8 Å². The minimum absolute atomic E-state index is 0.636. The zero-order valence-corrected chi connectivity index (χ0v) is 14.6. The maximum Gasteiger partial charge on any atom is 0.416 e. The minimum Gasteiger partial charge on any atom is -0.265 e. The molecular weight excluding hydrogens is 337 g/mol. The van der Waals surface area contributed by atoms with E-state index in [2.05, 4.69) is 5.10 Å². The van der Waals surface area contributed by atoms with Crippen molar-refractivity contribution >= 4 is 12.2 Å². The molecule has 1 heterocycles. The molecule has 0 atom stereocenters. The largest absolute Gasteiger partial charge is 0.416 e. The van der Waals surface area contributed by atoms with Crippen molar-refractivity contribution in [1.29, 1.82) is 0 Å². The van der Waals surface area contributed by atoms with Gasteiger partial charge < -0.3 is 0 Å². The van der Waals surface area contributed by atoms with Gasteiger partial charge in [0.25, 0.3) is 0 Å². The van der Waals surface area contributed by atoms with Crippen molar-refractivity contribution < 1.29 is 13.2 Å². The molecule has 3 aromatic rings.